The fourth-order valence-corrected chi connectivity index (χ4v) is 1.37. The van der Waals surface area contributed by atoms with Crippen molar-refractivity contribution in [3.8, 4) is 11.8 Å². The Hall–Kier alpha value is -2.06. The van der Waals surface area contributed by atoms with Crippen molar-refractivity contribution in [1.29, 1.82) is 5.26 Å². The number of nitriles is 1. The number of rotatable bonds is 6. The topological polar surface area (TPSA) is 71.4 Å². The van der Waals surface area contributed by atoms with E-state index in [-0.39, 0.29) is 6.61 Å². The first-order valence-electron chi connectivity index (χ1n) is 5.63. The largest absolute Gasteiger partial charge is 0.497 e. The maximum atomic E-state index is 11.4. The number of hydrogen-bond acceptors (Lipinski definition) is 5. The first kappa shape index (κ1) is 14.0. The molecule has 96 valence electrons. The highest BCUT2D eigenvalue weighted by Crippen LogP contribution is 2.11. The molecule has 0 saturated carbocycles. The van der Waals surface area contributed by atoms with Gasteiger partial charge in [0.25, 0.3) is 0 Å². The lowest BCUT2D eigenvalue weighted by atomic mass is 10.2. The van der Waals surface area contributed by atoms with Crippen LogP contribution in [0.3, 0.4) is 0 Å². The lowest BCUT2D eigenvalue weighted by Gasteiger charge is -2.10. The first-order chi connectivity index (χ1) is 8.71. The molecular formula is C13H16N2O3. The van der Waals surface area contributed by atoms with Gasteiger partial charge < -0.3 is 9.47 Å². The van der Waals surface area contributed by atoms with Gasteiger partial charge in [0.1, 0.15) is 5.75 Å². The molecule has 0 radical (unpaired) electrons. The van der Waals surface area contributed by atoms with E-state index in [2.05, 4.69) is 5.32 Å². The zero-order valence-electron chi connectivity index (χ0n) is 10.5. The molecule has 0 heterocycles. The van der Waals surface area contributed by atoms with Crippen LogP contribution >= 0.6 is 0 Å². The molecule has 0 spiro atoms. The van der Waals surface area contributed by atoms with Crippen LogP contribution < -0.4 is 10.1 Å². The van der Waals surface area contributed by atoms with Crippen LogP contribution in [0.4, 0.5) is 0 Å². The lowest BCUT2D eigenvalue weighted by Crippen LogP contribution is -2.36. The van der Waals surface area contributed by atoms with Crippen LogP contribution in [-0.2, 0) is 16.1 Å². The fraction of sp³-hybridized carbons (Fsp3) is 0.385. The number of nitrogens with zero attached hydrogens (tertiary/aromatic N) is 1. The number of nitrogens with one attached hydrogen (secondary N) is 1. The number of carbonyl (C=O) groups excluding carboxylic acids is 1. The summed E-state index contributed by atoms with van der Waals surface area (Å²) in [6.45, 7) is 2.39. The van der Waals surface area contributed by atoms with E-state index in [0.29, 0.717) is 6.54 Å². The summed E-state index contributed by atoms with van der Waals surface area (Å²) in [7, 11) is 1.60. The molecule has 1 N–H and O–H groups in total. The van der Waals surface area contributed by atoms with Gasteiger partial charge in [-0.3, -0.25) is 5.32 Å². The van der Waals surface area contributed by atoms with Crippen molar-refractivity contribution in [2.45, 2.75) is 19.5 Å². The number of ether oxygens (including phenoxy) is 2. The second-order valence-electron chi connectivity index (χ2n) is 3.54. The van der Waals surface area contributed by atoms with E-state index in [4.69, 9.17) is 14.7 Å². The number of esters is 1. The van der Waals surface area contributed by atoms with Gasteiger partial charge in [-0.25, -0.2) is 4.79 Å². The van der Waals surface area contributed by atoms with Gasteiger partial charge in [-0.1, -0.05) is 12.1 Å². The Morgan fingerprint density at radius 1 is 1.44 bits per heavy atom. The van der Waals surface area contributed by atoms with Crippen molar-refractivity contribution in [2.24, 2.45) is 0 Å². The highest BCUT2D eigenvalue weighted by atomic mass is 16.5. The van der Waals surface area contributed by atoms with E-state index < -0.39 is 12.0 Å². The van der Waals surface area contributed by atoms with Crippen molar-refractivity contribution in [3.63, 3.8) is 0 Å². The van der Waals surface area contributed by atoms with Crippen LogP contribution in [0.5, 0.6) is 5.75 Å². The van der Waals surface area contributed by atoms with Crippen molar-refractivity contribution >= 4 is 5.97 Å². The predicted molar refractivity (Wildman–Crippen MR) is 65.9 cm³/mol. The van der Waals surface area contributed by atoms with E-state index in [1.807, 2.05) is 30.3 Å². The third-order valence-electron chi connectivity index (χ3n) is 2.32. The zero-order chi connectivity index (χ0) is 13.4. The molecule has 5 heteroatoms. The number of methoxy groups -OCH3 is 1. The van der Waals surface area contributed by atoms with Crippen LogP contribution in [0.2, 0.25) is 0 Å². The van der Waals surface area contributed by atoms with E-state index in [0.717, 1.165) is 11.3 Å². The molecule has 1 aromatic carbocycles. The van der Waals surface area contributed by atoms with E-state index in [9.17, 15) is 4.79 Å². The maximum absolute atomic E-state index is 11.4. The van der Waals surface area contributed by atoms with E-state index >= 15 is 0 Å². The van der Waals surface area contributed by atoms with E-state index in [1.165, 1.54) is 0 Å². The molecule has 1 atom stereocenters. The molecule has 0 bridgehead atoms. The molecule has 0 saturated heterocycles. The van der Waals surface area contributed by atoms with Crippen LogP contribution in [0.1, 0.15) is 12.5 Å². The van der Waals surface area contributed by atoms with Crippen molar-refractivity contribution < 1.29 is 14.3 Å². The Morgan fingerprint density at radius 3 is 2.61 bits per heavy atom. The summed E-state index contributed by atoms with van der Waals surface area (Å²) >= 11 is 0. The van der Waals surface area contributed by atoms with Crippen LogP contribution in [0.25, 0.3) is 0 Å². The molecule has 0 aliphatic carbocycles. The Balaban J connectivity index is 2.52. The molecule has 1 aromatic rings. The van der Waals surface area contributed by atoms with Gasteiger partial charge >= 0.3 is 5.97 Å². The highest BCUT2D eigenvalue weighted by molar-refractivity contribution is 5.78. The molecule has 0 fully saturated rings. The van der Waals surface area contributed by atoms with Crippen LogP contribution in [0.15, 0.2) is 24.3 Å². The third kappa shape index (κ3) is 4.07. The maximum Gasteiger partial charge on any atom is 0.337 e. The molecule has 18 heavy (non-hydrogen) atoms. The molecule has 0 amide bonds. The molecule has 0 aliphatic rings. The number of hydrogen-bond donors (Lipinski definition) is 1. The summed E-state index contributed by atoms with van der Waals surface area (Å²) in [6.07, 6.45) is 0. The minimum Gasteiger partial charge on any atom is -0.497 e. The average molecular weight is 248 g/mol. The Bertz CT molecular complexity index is 423. The summed E-state index contributed by atoms with van der Waals surface area (Å²) < 4.78 is 9.82. The number of benzene rings is 1. The smallest absolute Gasteiger partial charge is 0.337 e. The summed E-state index contributed by atoms with van der Waals surface area (Å²) in [6, 6.07) is 8.31. The van der Waals surface area contributed by atoms with Gasteiger partial charge in [-0.2, -0.15) is 5.26 Å². The minimum atomic E-state index is -0.938. The zero-order valence-corrected chi connectivity index (χ0v) is 10.5. The molecule has 1 unspecified atom stereocenters. The summed E-state index contributed by atoms with van der Waals surface area (Å²) in [5.74, 6) is 0.217. The monoisotopic (exact) mass is 248 g/mol. The van der Waals surface area contributed by atoms with Crippen molar-refractivity contribution in [3.05, 3.63) is 29.8 Å². The van der Waals surface area contributed by atoms with Crippen LogP contribution in [-0.4, -0.2) is 25.7 Å². The van der Waals surface area contributed by atoms with Gasteiger partial charge in [0.05, 0.1) is 19.8 Å². The van der Waals surface area contributed by atoms with E-state index in [1.54, 1.807) is 14.0 Å². The molecule has 1 rings (SSSR count). The third-order valence-corrected chi connectivity index (χ3v) is 2.32. The first-order valence-corrected chi connectivity index (χ1v) is 5.63. The van der Waals surface area contributed by atoms with Gasteiger partial charge in [0.15, 0.2) is 6.04 Å². The predicted octanol–water partition coefficient (Wildman–Crippen LogP) is 1.24. The second kappa shape index (κ2) is 7.30. The Labute approximate surface area is 106 Å². The SMILES string of the molecule is CCOC(=O)C(C#N)NCc1ccc(OC)cc1. The van der Waals surface area contributed by atoms with Gasteiger partial charge in [0, 0.05) is 6.54 Å². The lowest BCUT2D eigenvalue weighted by molar-refractivity contribution is -0.144. The Morgan fingerprint density at radius 2 is 2.11 bits per heavy atom. The summed E-state index contributed by atoms with van der Waals surface area (Å²) in [5.41, 5.74) is 0.959. The minimum absolute atomic E-state index is 0.265. The molecule has 0 aliphatic heterocycles. The highest BCUT2D eigenvalue weighted by Gasteiger charge is 2.17. The molecule has 0 aromatic heterocycles. The second-order valence-corrected chi connectivity index (χ2v) is 3.54. The van der Waals surface area contributed by atoms with Crippen molar-refractivity contribution in [2.75, 3.05) is 13.7 Å². The normalized spacial score (nSPS) is 11.4. The summed E-state index contributed by atoms with van der Waals surface area (Å²) in [4.78, 5) is 11.4. The standard InChI is InChI=1S/C13H16N2O3/c1-3-18-13(16)12(8-14)15-9-10-4-6-11(17-2)7-5-10/h4-7,12,15H,3,9H2,1-2H3. The van der Waals surface area contributed by atoms with Crippen molar-refractivity contribution in [1.82, 2.24) is 5.32 Å². The summed E-state index contributed by atoms with van der Waals surface area (Å²) in [5, 5.41) is 11.7. The van der Waals surface area contributed by atoms with Crippen LogP contribution in [0, 0.1) is 11.3 Å². The average Bonchev–Trinajstić information content (AvgIpc) is 2.40. The molecular weight excluding hydrogens is 232 g/mol. The fourth-order valence-electron chi connectivity index (χ4n) is 1.37. The van der Waals surface area contributed by atoms with Gasteiger partial charge in [0.2, 0.25) is 0 Å². The molecule has 5 nitrogen and oxygen atoms in total. The number of carbonyl (C=O) groups is 1. The quantitative estimate of drug-likeness (QED) is 0.767. The van der Waals surface area contributed by atoms with Gasteiger partial charge in [-0.05, 0) is 24.6 Å². The Kier molecular flexibility index (Phi) is 5.68. The van der Waals surface area contributed by atoms with Gasteiger partial charge in [-0.15, -0.1) is 0 Å².